The minimum absolute atomic E-state index is 0.441. The van der Waals surface area contributed by atoms with E-state index in [9.17, 15) is 0 Å². The van der Waals surface area contributed by atoms with Crippen LogP contribution in [-0.4, -0.2) is 21.1 Å². The maximum absolute atomic E-state index is 5.52. The Morgan fingerprint density at radius 1 is 1.47 bits per heavy atom. The molecule has 0 aliphatic carbocycles. The van der Waals surface area contributed by atoms with E-state index in [-0.39, 0.29) is 0 Å². The fourth-order valence-electron chi connectivity index (χ4n) is 1.80. The van der Waals surface area contributed by atoms with Gasteiger partial charge in [-0.25, -0.2) is 4.98 Å². The average Bonchev–Trinajstić information content (AvgIpc) is 2.86. The van der Waals surface area contributed by atoms with Crippen molar-refractivity contribution in [2.75, 3.05) is 6.54 Å². The van der Waals surface area contributed by atoms with E-state index >= 15 is 0 Å². The molecule has 0 saturated heterocycles. The SMILES string of the molecule is CC(CCCN)n1cnc(-c2cccnc2)c1. The molecule has 0 spiro atoms. The molecular formula is C13H18N4. The van der Waals surface area contributed by atoms with Crippen molar-refractivity contribution in [3.63, 3.8) is 0 Å². The first-order valence-electron chi connectivity index (χ1n) is 5.95. The third-order valence-corrected chi connectivity index (χ3v) is 2.89. The Balaban J connectivity index is 2.11. The van der Waals surface area contributed by atoms with Crippen LogP contribution in [0.25, 0.3) is 11.3 Å². The van der Waals surface area contributed by atoms with E-state index in [1.165, 1.54) is 0 Å². The lowest BCUT2D eigenvalue weighted by molar-refractivity contribution is 0.492. The molecule has 0 fully saturated rings. The van der Waals surface area contributed by atoms with Crippen LogP contribution in [0.4, 0.5) is 0 Å². The van der Waals surface area contributed by atoms with Crippen LogP contribution in [0.2, 0.25) is 0 Å². The van der Waals surface area contributed by atoms with Crippen molar-refractivity contribution in [2.45, 2.75) is 25.8 Å². The van der Waals surface area contributed by atoms with Gasteiger partial charge < -0.3 is 10.3 Å². The Morgan fingerprint density at radius 2 is 2.35 bits per heavy atom. The average molecular weight is 230 g/mol. The molecule has 0 aliphatic rings. The van der Waals surface area contributed by atoms with E-state index in [1.54, 1.807) is 6.20 Å². The van der Waals surface area contributed by atoms with Gasteiger partial charge in [-0.05, 0) is 38.4 Å². The third kappa shape index (κ3) is 2.91. The molecule has 0 saturated carbocycles. The predicted molar refractivity (Wildman–Crippen MR) is 68.5 cm³/mol. The Morgan fingerprint density at radius 3 is 3.06 bits per heavy atom. The zero-order valence-corrected chi connectivity index (χ0v) is 10.1. The summed E-state index contributed by atoms with van der Waals surface area (Å²) in [6, 6.07) is 4.38. The molecule has 1 atom stereocenters. The zero-order valence-electron chi connectivity index (χ0n) is 10.1. The summed E-state index contributed by atoms with van der Waals surface area (Å²) >= 11 is 0. The second-order valence-corrected chi connectivity index (χ2v) is 4.23. The minimum atomic E-state index is 0.441. The summed E-state index contributed by atoms with van der Waals surface area (Å²) in [5.41, 5.74) is 7.54. The molecule has 1 unspecified atom stereocenters. The second kappa shape index (κ2) is 5.59. The Kier molecular flexibility index (Phi) is 3.88. The van der Waals surface area contributed by atoms with Gasteiger partial charge in [-0.2, -0.15) is 0 Å². The van der Waals surface area contributed by atoms with E-state index in [4.69, 9.17) is 5.73 Å². The summed E-state index contributed by atoms with van der Waals surface area (Å²) in [5, 5.41) is 0. The highest BCUT2D eigenvalue weighted by molar-refractivity contribution is 5.56. The normalized spacial score (nSPS) is 12.6. The summed E-state index contributed by atoms with van der Waals surface area (Å²) in [4.78, 5) is 8.51. The first kappa shape index (κ1) is 11.8. The summed E-state index contributed by atoms with van der Waals surface area (Å²) in [6.07, 6.45) is 9.67. The molecule has 2 N–H and O–H groups in total. The van der Waals surface area contributed by atoms with E-state index < -0.39 is 0 Å². The number of hydrogen-bond donors (Lipinski definition) is 1. The van der Waals surface area contributed by atoms with E-state index in [0.29, 0.717) is 6.04 Å². The van der Waals surface area contributed by atoms with Crippen molar-refractivity contribution in [3.8, 4) is 11.3 Å². The fraction of sp³-hybridized carbons (Fsp3) is 0.385. The van der Waals surface area contributed by atoms with E-state index in [1.807, 2.05) is 24.7 Å². The molecule has 0 aromatic carbocycles. The highest BCUT2D eigenvalue weighted by Gasteiger charge is 2.07. The molecule has 0 aliphatic heterocycles. The van der Waals surface area contributed by atoms with Crippen LogP contribution in [-0.2, 0) is 0 Å². The largest absolute Gasteiger partial charge is 0.334 e. The van der Waals surface area contributed by atoms with Gasteiger partial charge in [-0.1, -0.05) is 0 Å². The monoisotopic (exact) mass is 230 g/mol. The second-order valence-electron chi connectivity index (χ2n) is 4.23. The minimum Gasteiger partial charge on any atom is -0.334 e. The lowest BCUT2D eigenvalue weighted by Gasteiger charge is -2.11. The quantitative estimate of drug-likeness (QED) is 0.857. The van der Waals surface area contributed by atoms with Gasteiger partial charge in [0.25, 0.3) is 0 Å². The van der Waals surface area contributed by atoms with Gasteiger partial charge in [-0.3, -0.25) is 4.98 Å². The highest BCUT2D eigenvalue weighted by atomic mass is 15.1. The van der Waals surface area contributed by atoms with Crippen molar-refractivity contribution in [1.82, 2.24) is 14.5 Å². The lowest BCUT2D eigenvalue weighted by atomic mass is 10.2. The molecule has 2 aromatic rings. The van der Waals surface area contributed by atoms with Gasteiger partial charge in [0.15, 0.2) is 0 Å². The number of rotatable bonds is 5. The van der Waals surface area contributed by atoms with Gasteiger partial charge >= 0.3 is 0 Å². The van der Waals surface area contributed by atoms with Crippen molar-refractivity contribution in [2.24, 2.45) is 5.73 Å². The molecule has 0 amide bonds. The number of nitrogens with two attached hydrogens (primary N) is 1. The molecule has 2 rings (SSSR count). The van der Waals surface area contributed by atoms with Crippen LogP contribution >= 0.6 is 0 Å². The highest BCUT2D eigenvalue weighted by Crippen LogP contribution is 2.19. The topological polar surface area (TPSA) is 56.7 Å². The van der Waals surface area contributed by atoms with Crippen molar-refractivity contribution in [1.29, 1.82) is 0 Å². The molecule has 0 bridgehead atoms. The predicted octanol–water partition coefficient (Wildman–Crippen LogP) is 2.25. The number of aromatic nitrogens is 3. The number of hydrogen-bond acceptors (Lipinski definition) is 3. The van der Waals surface area contributed by atoms with Crippen molar-refractivity contribution in [3.05, 3.63) is 37.1 Å². The van der Waals surface area contributed by atoms with Crippen LogP contribution in [0.5, 0.6) is 0 Å². The third-order valence-electron chi connectivity index (χ3n) is 2.89. The first-order chi connectivity index (χ1) is 8.31. The molecule has 2 heterocycles. The zero-order chi connectivity index (χ0) is 12.1. The maximum atomic E-state index is 5.52. The maximum Gasteiger partial charge on any atom is 0.0956 e. The van der Waals surface area contributed by atoms with E-state index in [2.05, 4.69) is 27.7 Å². The van der Waals surface area contributed by atoms with Crippen LogP contribution < -0.4 is 5.73 Å². The van der Waals surface area contributed by atoms with Gasteiger partial charge in [0.2, 0.25) is 0 Å². The van der Waals surface area contributed by atoms with Crippen LogP contribution in [0.1, 0.15) is 25.8 Å². The standard InChI is InChI=1S/C13H18N4/c1-11(4-2-6-14)17-9-13(16-10-17)12-5-3-7-15-8-12/h3,5,7-11H,2,4,6,14H2,1H3. The summed E-state index contributed by atoms with van der Waals surface area (Å²) in [6.45, 7) is 2.93. The fourth-order valence-corrected chi connectivity index (χ4v) is 1.80. The molecular weight excluding hydrogens is 212 g/mol. The summed E-state index contributed by atoms with van der Waals surface area (Å²) < 4.78 is 2.14. The number of nitrogens with zero attached hydrogens (tertiary/aromatic N) is 3. The Labute approximate surface area is 102 Å². The Bertz CT molecular complexity index is 449. The molecule has 4 nitrogen and oxygen atoms in total. The van der Waals surface area contributed by atoms with Gasteiger partial charge in [0.1, 0.15) is 0 Å². The van der Waals surface area contributed by atoms with Crippen LogP contribution in [0.15, 0.2) is 37.1 Å². The van der Waals surface area contributed by atoms with Crippen molar-refractivity contribution >= 4 is 0 Å². The smallest absolute Gasteiger partial charge is 0.0956 e. The van der Waals surface area contributed by atoms with Gasteiger partial charge in [-0.15, -0.1) is 0 Å². The van der Waals surface area contributed by atoms with Crippen molar-refractivity contribution < 1.29 is 0 Å². The summed E-state index contributed by atoms with van der Waals surface area (Å²) in [5.74, 6) is 0. The van der Waals surface area contributed by atoms with Gasteiger partial charge in [0, 0.05) is 30.2 Å². The lowest BCUT2D eigenvalue weighted by Crippen LogP contribution is -2.06. The molecule has 90 valence electrons. The molecule has 17 heavy (non-hydrogen) atoms. The first-order valence-corrected chi connectivity index (χ1v) is 5.95. The number of pyridine rings is 1. The number of imidazole rings is 1. The molecule has 4 heteroatoms. The van der Waals surface area contributed by atoms with Gasteiger partial charge in [0.05, 0.1) is 12.0 Å². The molecule has 0 radical (unpaired) electrons. The summed E-state index contributed by atoms with van der Waals surface area (Å²) in [7, 11) is 0. The van der Waals surface area contributed by atoms with Crippen LogP contribution in [0, 0.1) is 0 Å². The Hall–Kier alpha value is -1.68. The molecule has 2 aromatic heterocycles. The van der Waals surface area contributed by atoms with Crippen LogP contribution in [0.3, 0.4) is 0 Å². The van der Waals surface area contributed by atoms with E-state index in [0.717, 1.165) is 30.6 Å².